The van der Waals surface area contributed by atoms with E-state index in [1.165, 1.54) is 40.6 Å². The van der Waals surface area contributed by atoms with Gasteiger partial charge in [-0.05, 0) is 33.1 Å². The number of hydrogen-bond donors (Lipinski definition) is 0. The van der Waals surface area contributed by atoms with Gasteiger partial charge < -0.3 is 4.74 Å². The number of hydrogen-bond acceptors (Lipinski definition) is 1. The molecule has 1 nitrogen and oxygen atoms in total. The predicted molar refractivity (Wildman–Crippen MR) is 69.4 cm³/mol. The first kappa shape index (κ1) is 12.5. The monoisotopic (exact) mass is 222 g/mol. The molecular formula is C13H22OSi. The van der Waals surface area contributed by atoms with E-state index in [2.05, 4.69) is 38.1 Å². The maximum absolute atomic E-state index is 5.34. The van der Waals surface area contributed by atoms with Crippen molar-refractivity contribution >= 4 is 10.2 Å². The average molecular weight is 222 g/mol. The van der Waals surface area contributed by atoms with Crippen LogP contribution in [-0.2, 0) is 4.74 Å². The van der Waals surface area contributed by atoms with Crippen LogP contribution in [0.4, 0.5) is 0 Å². The summed E-state index contributed by atoms with van der Waals surface area (Å²) in [5.41, 5.74) is 3.33. The van der Waals surface area contributed by atoms with Gasteiger partial charge in [0.25, 0.3) is 0 Å². The Morgan fingerprint density at radius 3 is 1.87 bits per heavy atom. The van der Waals surface area contributed by atoms with Crippen LogP contribution >= 0.6 is 0 Å². The van der Waals surface area contributed by atoms with Gasteiger partial charge >= 0.3 is 0 Å². The standard InChI is InChI=1S/C8H10.C5H12OSi/c1-7-3-5-8(2)6-4-7;7-5-3-1-2-4-6-5/h3-6H,1-2H3;5H,1-4H2,7H3. The lowest BCUT2D eigenvalue weighted by Crippen LogP contribution is -2.18. The smallest absolute Gasteiger partial charge is 0.0465 e. The summed E-state index contributed by atoms with van der Waals surface area (Å²) in [7, 11) is 1.23. The van der Waals surface area contributed by atoms with Crippen LogP contribution in [0.2, 0.25) is 0 Å². The molecule has 0 radical (unpaired) electrons. The number of aryl methyl sites for hydroxylation is 2. The van der Waals surface area contributed by atoms with Crippen molar-refractivity contribution in [1.82, 2.24) is 0 Å². The van der Waals surface area contributed by atoms with Crippen LogP contribution in [-0.4, -0.2) is 22.6 Å². The third kappa shape index (κ3) is 5.75. The topological polar surface area (TPSA) is 9.23 Å². The van der Waals surface area contributed by atoms with Crippen LogP contribution in [0.1, 0.15) is 30.4 Å². The van der Waals surface area contributed by atoms with Gasteiger partial charge in [0.1, 0.15) is 0 Å². The van der Waals surface area contributed by atoms with Gasteiger partial charge in [-0.2, -0.15) is 0 Å². The fourth-order valence-corrected chi connectivity index (χ4v) is 2.18. The van der Waals surface area contributed by atoms with E-state index in [1.54, 1.807) is 0 Å². The molecule has 1 aliphatic heterocycles. The third-order valence-corrected chi connectivity index (χ3v) is 3.54. The molecule has 2 rings (SSSR count). The van der Waals surface area contributed by atoms with Crippen LogP contribution in [0.3, 0.4) is 0 Å². The number of ether oxygens (including phenoxy) is 1. The van der Waals surface area contributed by atoms with Crippen molar-refractivity contribution in [2.24, 2.45) is 0 Å². The Hall–Kier alpha value is -0.603. The zero-order valence-electron chi connectivity index (χ0n) is 10.1. The molecule has 1 fully saturated rings. The molecule has 0 bridgehead atoms. The van der Waals surface area contributed by atoms with Crippen LogP contribution in [0.15, 0.2) is 24.3 Å². The normalized spacial score (nSPS) is 20.5. The molecule has 0 N–H and O–H groups in total. The van der Waals surface area contributed by atoms with Crippen molar-refractivity contribution < 1.29 is 4.74 Å². The summed E-state index contributed by atoms with van der Waals surface area (Å²) < 4.78 is 5.34. The molecular weight excluding hydrogens is 200 g/mol. The summed E-state index contributed by atoms with van der Waals surface area (Å²) in [5.74, 6) is 0. The lowest BCUT2D eigenvalue weighted by molar-refractivity contribution is 0.0675. The molecule has 1 aromatic rings. The number of rotatable bonds is 0. The molecule has 1 atom stereocenters. The molecule has 0 aliphatic carbocycles. The second-order valence-corrected chi connectivity index (χ2v) is 5.62. The SMILES string of the molecule is Cc1ccc(C)cc1.[SiH3]C1CCCCO1. The van der Waals surface area contributed by atoms with E-state index in [0.29, 0.717) is 5.73 Å². The maximum Gasteiger partial charge on any atom is 0.0465 e. The van der Waals surface area contributed by atoms with Gasteiger partial charge in [0.05, 0.1) is 0 Å². The summed E-state index contributed by atoms with van der Waals surface area (Å²) in [6, 6.07) is 8.48. The first-order chi connectivity index (χ1) is 7.18. The fourth-order valence-electron chi connectivity index (χ4n) is 1.54. The lowest BCUT2D eigenvalue weighted by Gasteiger charge is -2.17. The van der Waals surface area contributed by atoms with Gasteiger partial charge in [-0.1, -0.05) is 35.4 Å². The van der Waals surface area contributed by atoms with E-state index in [-0.39, 0.29) is 0 Å². The van der Waals surface area contributed by atoms with E-state index in [0.717, 1.165) is 6.61 Å². The Morgan fingerprint density at radius 1 is 1.07 bits per heavy atom. The zero-order valence-corrected chi connectivity index (χ0v) is 12.1. The molecule has 1 aromatic carbocycles. The highest BCUT2D eigenvalue weighted by Gasteiger charge is 2.05. The summed E-state index contributed by atoms with van der Waals surface area (Å²) in [5, 5.41) is 0. The van der Waals surface area contributed by atoms with E-state index in [9.17, 15) is 0 Å². The highest BCUT2D eigenvalue weighted by atomic mass is 28.1. The fraction of sp³-hybridized carbons (Fsp3) is 0.538. The Morgan fingerprint density at radius 2 is 1.60 bits per heavy atom. The molecule has 1 heterocycles. The Balaban J connectivity index is 0.000000151. The van der Waals surface area contributed by atoms with Gasteiger partial charge in [0.15, 0.2) is 0 Å². The maximum atomic E-state index is 5.34. The first-order valence-electron chi connectivity index (χ1n) is 5.83. The van der Waals surface area contributed by atoms with Crippen LogP contribution in [0.25, 0.3) is 0 Å². The van der Waals surface area contributed by atoms with Gasteiger partial charge in [-0.15, -0.1) is 0 Å². The van der Waals surface area contributed by atoms with Crippen molar-refractivity contribution in [3.05, 3.63) is 35.4 Å². The molecule has 2 heteroatoms. The minimum Gasteiger partial charge on any atom is -0.383 e. The third-order valence-electron chi connectivity index (χ3n) is 2.63. The van der Waals surface area contributed by atoms with Crippen molar-refractivity contribution in [3.8, 4) is 0 Å². The quantitative estimate of drug-likeness (QED) is 0.611. The molecule has 15 heavy (non-hydrogen) atoms. The highest BCUT2D eigenvalue weighted by Crippen LogP contribution is 2.08. The molecule has 0 saturated carbocycles. The summed E-state index contributed by atoms with van der Waals surface area (Å²) in [6.07, 6.45) is 4.01. The minimum atomic E-state index is 0.675. The van der Waals surface area contributed by atoms with E-state index < -0.39 is 0 Å². The van der Waals surface area contributed by atoms with Crippen molar-refractivity contribution in [3.63, 3.8) is 0 Å². The Labute approximate surface area is 96.3 Å². The Kier molecular flexibility index (Phi) is 5.65. The molecule has 1 saturated heterocycles. The van der Waals surface area contributed by atoms with E-state index in [4.69, 9.17) is 4.74 Å². The van der Waals surface area contributed by atoms with E-state index in [1.807, 2.05) is 0 Å². The first-order valence-corrected chi connectivity index (χ1v) is 6.99. The second kappa shape index (κ2) is 6.80. The van der Waals surface area contributed by atoms with Crippen LogP contribution < -0.4 is 0 Å². The van der Waals surface area contributed by atoms with Crippen molar-refractivity contribution in [2.75, 3.05) is 6.61 Å². The van der Waals surface area contributed by atoms with Crippen molar-refractivity contribution in [1.29, 1.82) is 0 Å². The summed E-state index contributed by atoms with van der Waals surface area (Å²) in [6.45, 7) is 5.22. The second-order valence-electron chi connectivity index (χ2n) is 4.33. The van der Waals surface area contributed by atoms with Gasteiger partial charge in [0.2, 0.25) is 0 Å². The van der Waals surface area contributed by atoms with Gasteiger partial charge in [-0.25, -0.2) is 0 Å². The molecule has 0 amide bonds. The van der Waals surface area contributed by atoms with Crippen molar-refractivity contribution in [2.45, 2.75) is 38.8 Å². The number of benzene rings is 1. The largest absolute Gasteiger partial charge is 0.383 e. The summed E-state index contributed by atoms with van der Waals surface area (Å²) >= 11 is 0. The predicted octanol–water partition coefficient (Wildman–Crippen LogP) is 2.18. The van der Waals surface area contributed by atoms with Crippen LogP contribution in [0.5, 0.6) is 0 Å². The Bertz CT molecular complexity index is 241. The molecule has 1 aliphatic rings. The molecule has 0 spiro atoms. The van der Waals surface area contributed by atoms with Gasteiger partial charge in [-0.3, -0.25) is 0 Å². The minimum absolute atomic E-state index is 0.675. The highest BCUT2D eigenvalue weighted by molar-refractivity contribution is 6.11. The summed E-state index contributed by atoms with van der Waals surface area (Å²) in [4.78, 5) is 0. The molecule has 0 aromatic heterocycles. The average Bonchev–Trinajstić information content (AvgIpc) is 2.25. The van der Waals surface area contributed by atoms with E-state index >= 15 is 0 Å². The van der Waals surface area contributed by atoms with Gasteiger partial charge in [0, 0.05) is 22.6 Å². The molecule has 1 unspecified atom stereocenters. The van der Waals surface area contributed by atoms with Crippen LogP contribution in [0, 0.1) is 13.8 Å². The lowest BCUT2D eigenvalue weighted by atomic mass is 10.2. The zero-order chi connectivity index (χ0) is 11.1. The molecule has 84 valence electrons.